The van der Waals surface area contributed by atoms with E-state index in [1.165, 1.54) is 0 Å². The van der Waals surface area contributed by atoms with E-state index in [-0.39, 0.29) is 5.78 Å². The predicted molar refractivity (Wildman–Crippen MR) is 90.3 cm³/mol. The van der Waals surface area contributed by atoms with Gasteiger partial charge < -0.3 is 9.47 Å². The van der Waals surface area contributed by atoms with Gasteiger partial charge in [-0.05, 0) is 44.5 Å². The fraction of sp³-hybridized carbons (Fsp3) is 0.211. The van der Waals surface area contributed by atoms with Crippen molar-refractivity contribution >= 4 is 17.4 Å². The molecule has 0 atom stereocenters. The summed E-state index contributed by atoms with van der Waals surface area (Å²) in [6, 6.07) is 11.1. The monoisotopic (exact) mass is 328 g/mol. The number of Topliss-reactive ketones (excluding diaryl/α,β-unsaturated/α-hetero) is 1. The Hall–Kier alpha value is -2.26. The molecule has 1 aliphatic rings. The second-order valence-electron chi connectivity index (χ2n) is 5.71. The maximum absolute atomic E-state index is 12.3. The summed E-state index contributed by atoms with van der Waals surface area (Å²) in [5.74, 6) is 1.61. The largest absolute Gasteiger partial charge is 0.488 e. The maximum Gasteiger partial charge on any atom is 0.231 e. The Bertz CT molecular complexity index is 817. The van der Waals surface area contributed by atoms with Crippen molar-refractivity contribution in [3.63, 3.8) is 0 Å². The summed E-state index contributed by atoms with van der Waals surface area (Å²) in [6.07, 6.45) is 0. The van der Waals surface area contributed by atoms with Crippen molar-refractivity contribution in [2.24, 2.45) is 0 Å². The number of allylic oxidation sites excluding steroid dienone is 2. The number of rotatable bonds is 3. The van der Waals surface area contributed by atoms with Crippen LogP contribution in [0.25, 0.3) is 0 Å². The molecule has 0 N–H and O–H groups in total. The summed E-state index contributed by atoms with van der Waals surface area (Å²) in [6.45, 7) is 5.98. The first-order chi connectivity index (χ1) is 11.0. The van der Waals surface area contributed by atoms with Crippen LogP contribution in [0.5, 0.6) is 11.5 Å². The Morgan fingerprint density at radius 2 is 1.91 bits per heavy atom. The summed E-state index contributed by atoms with van der Waals surface area (Å²) in [5, 5.41) is 0.671. The van der Waals surface area contributed by atoms with Crippen molar-refractivity contribution in [3.8, 4) is 11.5 Å². The molecule has 0 aliphatic carbocycles. The highest BCUT2D eigenvalue weighted by Crippen LogP contribution is 2.39. The number of carbonyl (C=O) groups is 1. The smallest absolute Gasteiger partial charge is 0.231 e. The highest BCUT2D eigenvalue weighted by Gasteiger charge is 2.30. The van der Waals surface area contributed by atoms with Crippen LogP contribution in [0.2, 0.25) is 5.02 Å². The van der Waals surface area contributed by atoms with Crippen LogP contribution in [0.1, 0.15) is 35.3 Å². The molecule has 0 amide bonds. The van der Waals surface area contributed by atoms with Gasteiger partial charge in [-0.25, -0.2) is 0 Å². The Morgan fingerprint density at radius 1 is 1.17 bits per heavy atom. The molecule has 2 aromatic rings. The van der Waals surface area contributed by atoms with Crippen LogP contribution in [0, 0.1) is 6.92 Å². The maximum atomic E-state index is 12.3. The van der Waals surface area contributed by atoms with Crippen LogP contribution < -0.4 is 9.47 Å². The van der Waals surface area contributed by atoms with Gasteiger partial charge in [0.15, 0.2) is 5.76 Å². The van der Waals surface area contributed by atoms with E-state index in [1.807, 2.05) is 45.0 Å². The Morgan fingerprint density at radius 3 is 2.61 bits per heavy atom. The fourth-order valence-corrected chi connectivity index (χ4v) is 2.70. The van der Waals surface area contributed by atoms with Crippen LogP contribution in [-0.4, -0.2) is 5.78 Å². The normalized spacial score (nSPS) is 12.9. The molecule has 0 saturated carbocycles. The molecule has 1 aliphatic heterocycles. The van der Waals surface area contributed by atoms with Gasteiger partial charge in [0.25, 0.3) is 0 Å². The second kappa shape index (κ2) is 6.09. The summed E-state index contributed by atoms with van der Waals surface area (Å²) in [5.41, 5.74) is 3.18. The first-order valence-corrected chi connectivity index (χ1v) is 7.76. The van der Waals surface area contributed by atoms with Gasteiger partial charge in [-0.15, -0.1) is 0 Å². The number of carbonyl (C=O) groups excluding carboxylic acids is 1. The zero-order chi connectivity index (χ0) is 16.6. The molecule has 3 rings (SSSR count). The van der Waals surface area contributed by atoms with Crippen LogP contribution >= 0.6 is 11.6 Å². The summed E-state index contributed by atoms with van der Waals surface area (Å²) < 4.78 is 11.6. The van der Waals surface area contributed by atoms with E-state index in [4.69, 9.17) is 21.1 Å². The Labute approximate surface area is 140 Å². The number of benzene rings is 2. The van der Waals surface area contributed by atoms with Gasteiger partial charge in [0.05, 0.1) is 5.56 Å². The third kappa shape index (κ3) is 2.84. The van der Waals surface area contributed by atoms with Gasteiger partial charge in [-0.3, -0.25) is 4.79 Å². The van der Waals surface area contributed by atoms with Crippen molar-refractivity contribution in [1.82, 2.24) is 0 Å². The molecule has 0 unspecified atom stereocenters. The predicted octanol–water partition coefficient (Wildman–Crippen LogP) is 5.10. The van der Waals surface area contributed by atoms with Crippen molar-refractivity contribution in [2.75, 3.05) is 0 Å². The van der Waals surface area contributed by atoms with Crippen LogP contribution in [0.3, 0.4) is 0 Å². The molecule has 1 heterocycles. The molecule has 4 heteroatoms. The summed E-state index contributed by atoms with van der Waals surface area (Å²) in [4.78, 5) is 12.3. The average molecular weight is 329 g/mol. The quantitative estimate of drug-likeness (QED) is 0.736. The van der Waals surface area contributed by atoms with Gasteiger partial charge in [0.2, 0.25) is 5.78 Å². The minimum Gasteiger partial charge on any atom is -0.488 e. The van der Waals surface area contributed by atoms with E-state index < -0.39 is 0 Å². The topological polar surface area (TPSA) is 35.5 Å². The Kier molecular flexibility index (Phi) is 4.14. The standard InChI is InChI=1S/C19H17ClO3/c1-11(2)18-17(21)14-8-9-16(12(3)19(14)23-18)22-10-13-6-4-5-7-15(13)20/h4-9H,10H2,1-3H3. The lowest BCUT2D eigenvalue weighted by atomic mass is 10.1. The third-order valence-corrected chi connectivity index (χ3v) is 4.18. The molecular weight excluding hydrogens is 312 g/mol. The van der Waals surface area contributed by atoms with E-state index in [2.05, 4.69) is 0 Å². The lowest BCUT2D eigenvalue weighted by Crippen LogP contribution is -2.00. The van der Waals surface area contributed by atoms with E-state index in [9.17, 15) is 4.79 Å². The SMILES string of the molecule is CC(C)=C1Oc2c(ccc(OCc3ccccc3Cl)c2C)C1=O. The van der Waals surface area contributed by atoms with Gasteiger partial charge in [0.1, 0.15) is 18.1 Å². The lowest BCUT2D eigenvalue weighted by Gasteiger charge is -2.12. The van der Waals surface area contributed by atoms with Crippen molar-refractivity contribution in [3.05, 3.63) is 69.4 Å². The number of hydrogen-bond donors (Lipinski definition) is 0. The zero-order valence-corrected chi connectivity index (χ0v) is 14.0. The number of ether oxygens (including phenoxy) is 2. The van der Waals surface area contributed by atoms with Crippen LogP contribution in [0.15, 0.2) is 47.7 Å². The first-order valence-electron chi connectivity index (χ1n) is 7.39. The van der Waals surface area contributed by atoms with Crippen LogP contribution in [0.4, 0.5) is 0 Å². The molecule has 0 aromatic heterocycles. The van der Waals surface area contributed by atoms with Gasteiger partial charge in [-0.2, -0.15) is 0 Å². The lowest BCUT2D eigenvalue weighted by molar-refractivity contribution is 0.101. The average Bonchev–Trinajstić information content (AvgIpc) is 2.86. The Balaban J connectivity index is 1.87. The van der Waals surface area contributed by atoms with E-state index >= 15 is 0 Å². The summed E-state index contributed by atoms with van der Waals surface area (Å²) >= 11 is 6.14. The van der Waals surface area contributed by atoms with Crippen molar-refractivity contribution < 1.29 is 14.3 Å². The molecule has 0 fully saturated rings. The minimum atomic E-state index is -0.0687. The molecule has 3 nitrogen and oxygen atoms in total. The molecule has 2 aromatic carbocycles. The van der Waals surface area contributed by atoms with E-state index in [0.717, 1.165) is 16.7 Å². The fourth-order valence-electron chi connectivity index (χ4n) is 2.51. The number of hydrogen-bond acceptors (Lipinski definition) is 3. The molecule has 23 heavy (non-hydrogen) atoms. The minimum absolute atomic E-state index is 0.0687. The van der Waals surface area contributed by atoms with Gasteiger partial charge >= 0.3 is 0 Å². The molecule has 0 spiro atoms. The second-order valence-corrected chi connectivity index (χ2v) is 6.11. The molecular formula is C19H17ClO3. The highest BCUT2D eigenvalue weighted by atomic mass is 35.5. The number of halogens is 1. The third-order valence-electron chi connectivity index (χ3n) is 3.81. The highest BCUT2D eigenvalue weighted by molar-refractivity contribution is 6.31. The van der Waals surface area contributed by atoms with Crippen molar-refractivity contribution in [1.29, 1.82) is 0 Å². The molecule has 0 saturated heterocycles. The first kappa shape index (κ1) is 15.6. The van der Waals surface area contributed by atoms with Gasteiger partial charge in [0, 0.05) is 16.1 Å². The van der Waals surface area contributed by atoms with Gasteiger partial charge in [-0.1, -0.05) is 29.8 Å². The molecule has 0 bridgehead atoms. The number of ketones is 1. The van der Waals surface area contributed by atoms with E-state index in [0.29, 0.717) is 34.5 Å². The van der Waals surface area contributed by atoms with E-state index in [1.54, 1.807) is 12.1 Å². The molecule has 0 radical (unpaired) electrons. The van der Waals surface area contributed by atoms with Crippen LogP contribution in [-0.2, 0) is 6.61 Å². The number of fused-ring (bicyclic) bond motifs is 1. The van der Waals surface area contributed by atoms with Crippen molar-refractivity contribution in [2.45, 2.75) is 27.4 Å². The zero-order valence-electron chi connectivity index (χ0n) is 13.3. The summed E-state index contributed by atoms with van der Waals surface area (Å²) in [7, 11) is 0. The molecule has 118 valence electrons.